The van der Waals surface area contributed by atoms with Crippen molar-refractivity contribution in [3.05, 3.63) is 102 Å². The molecule has 1 aliphatic heterocycles. The fourth-order valence-corrected chi connectivity index (χ4v) is 5.85. The number of rotatable bonds is 7. The number of nitrogens with zero attached hydrogens (tertiary/aromatic N) is 3. The van der Waals surface area contributed by atoms with Gasteiger partial charge in [0.2, 0.25) is 0 Å². The molecule has 0 amide bonds. The van der Waals surface area contributed by atoms with E-state index in [1.165, 1.54) is 36.5 Å². The number of para-hydroxylation sites is 1. The molecule has 198 valence electrons. The van der Waals surface area contributed by atoms with Crippen LogP contribution in [0.2, 0.25) is 0 Å². The minimum atomic E-state index is -4.13. The van der Waals surface area contributed by atoms with Gasteiger partial charge in [0, 0.05) is 50.4 Å². The number of aromatic nitrogens is 1. The molecule has 38 heavy (non-hydrogen) atoms. The van der Waals surface area contributed by atoms with Crippen LogP contribution >= 0.6 is 0 Å². The Morgan fingerprint density at radius 2 is 1.63 bits per heavy atom. The molecule has 11 heteroatoms. The van der Waals surface area contributed by atoms with Gasteiger partial charge in [0.25, 0.3) is 10.0 Å². The van der Waals surface area contributed by atoms with Crippen LogP contribution in [0.4, 0.5) is 18.9 Å². The maximum Gasteiger partial charge on any atom is 0.264 e. The van der Waals surface area contributed by atoms with E-state index in [2.05, 4.69) is 9.71 Å². The molecular formula is C27H25F3N4O3S. The molecule has 2 N–H and O–H groups in total. The van der Waals surface area contributed by atoms with Crippen LogP contribution in [0.25, 0.3) is 10.9 Å². The zero-order valence-corrected chi connectivity index (χ0v) is 21.0. The molecule has 4 aromatic rings. The Morgan fingerprint density at radius 3 is 2.34 bits per heavy atom. The first kappa shape index (κ1) is 26.1. The summed E-state index contributed by atoms with van der Waals surface area (Å²) in [5.74, 6) is -2.09. The highest BCUT2D eigenvalue weighted by Gasteiger charge is 2.25. The molecule has 2 heterocycles. The molecule has 0 aliphatic carbocycles. The quantitative estimate of drug-likeness (QED) is 0.363. The van der Waals surface area contributed by atoms with Crippen LogP contribution in [0.3, 0.4) is 0 Å². The summed E-state index contributed by atoms with van der Waals surface area (Å²) in [7, 11) is -4.13. The SMILES string of the molecule is O=S(=O)(Nc1ccc(C(O)N2CCN(Cc3cc(F)cc(F)c3)CC2)cc1F)c1cccc2cccnc12. The molecule has 0 bridgehead atoms. The molecular weight excluding hydrogens is 517 g/mol. The third-order valence-electron chi connectivity index (χ3n) is 6.50. The van der Waals surface area contributed by atoms with Crippen molar-refractivity contribution in [2.45, 2.75) is 17.7 Å². The summed E-state index contributed by atoms with van der Waals surface area (Å²) in [4.78, 5) is 7.84. The Morgan fingerprint density at radius 1 is 0.921 bits per heavy atom. The van der Waals surface area contributed by atoms with E-state index < -0.39 is 33.7 Å². The van der Waals surface area contributed by atoms with Gasteiger partial charge in [0.05, 0.1) is 11.2 Å². The smallest absolute Gasteiger partial charge is 0.264 e. The largest absolute Gasteiger partial charge is 0.374 e. The summed E-state index contributed by atoms with van der Waals surface area (Å²) < 4.78 is 70.2. The Bertz CT molecular complexity index is 1550. The van der Waals surface area contributed by atoms with Gasteiger partial charge >= 0.3 is 0 Å². The monoisotopic (exact) mass is 542 g/mol. The Kier molecular flexibility index (Phi) is 7.35. The summed E-state index contributed by atoms with van der Waals surface area (Å²) in [5, 5.41) is 11.5. The zero-order chi connectivity index (χ0) is 26.9. The minimum Gasteiger partial charge on any atom is -0.374 e. The van der Waals surface area contributed by atoms with Gasteiger partial charge < -0.3 is 5.11 Å². The third-order valence-corrected chi connectivity index (χ3v) is 7.90. The number of hydrogen-bond acceptors (Lipinski definition) is 6. The summed E-state index contributed by atoms with van der Waals surface area (Å²) in [5.41, 5.74) is 0.825. The van der Waals surface area contributed by atoms with Crippen molar-refractivity contribution in [2.75, 3.05) is 30.9 Å². The van der Waals surface area contributed by atoms with Gasteiger partial charge in [-0.3, -0.25) is 19.5 Å². The van der Waals surface area contributed by atoms with Gasteiger partial charge in [-0.2, -0.15) is 0 Å². The second-order valence-electron chi connectivity index (χ2n) is 9.14. The molecule has 0 radical (unpaired) electrons. The summed E-state index contributed by atoms with van der Waals surface area (Å²) in [6.07, 6.45) is 0.380. The molecule has 3 aromatic carbocycles. The summed E-state index contributed by atoms with van der Waals surface area (Å²) in [6.45, 7) is 2.34. The van der Waals surface area contributed by atoms with E-state index >= 15 is 0 Å². The standard InChI is InChI=1S/C27H25F3N4O3S/c28-21-13-18(14-22(29)16-21)17-33-9-11-34(12-10-33)27(35)20-6-7-24(23(30)15-20)32-38(36,37)25-5-1-3-19-4-2-8-31-26(19)25/h1-8,13-16,27,32,35H,9-12,17H2. The Labute approximate surface area is 218 Å². The van der Waals surface area contributed by atoms with Gasteiger partial charge in [-0.25, -0.2) is 21.6 Å². The normalized spacial score (nSPS) is 16.0. The van der Waals surface area contributed by atoms with Gasteiger partial charge in [-0.1, -0.05) is 24.3 Å². The fourth-order valence-electron chi connectivity index (χ4n) is 4.60. The fraction of sp³-hybridized carbons (Fsp3) is 0.222. The topological polar surface area (TPSA) is 85.8 Å². The van der Waals surface area contributed by atoms with Crippen molar-refractivity contribution in [2.24, 2.45) is 0 Å². The average Bonchev–Trinajstić information content (AvgIpc) is 2.89. The van der Waals surface area contributed by atoms with E-state index in [0.717, 1.165) is 12.1 Å². The molecule has 0 spiro atoms. The summed E-state index contributed by atoms with van der Waals surface area (Å²) in [6, 6.07) is 15.4. The van der Waals surface area contributed by atoms with Crippen molar-refractivity contribution in [3.63, 3.8) is 0 Å². The lowest BCUT2D eigenvalue weighted by Gasteiger charge is -2.37. The van der Waals surface area contributed by atoms with E-state index in [1.807, 2.05) is 4.90 Å². The number of hydrogen-bond donors (Lipinski definition) is 2. The Balaban J connectivity index is 1.24. The van der Waals surface area contributed by atoms with Crippen LogP contribution in [0.1, 0.15) is 17.4 Å². The number of sulfonamides is 1. The summed E-state index contributed by atoms with van der Waals surface area (Å²) >= 11 is 0. The molecule has 1 fully saturated rings. The van der Waals surface area contributed by atoms with Gasteiger partial charge in [0.15, 0.2) is 0 Å². The highest BCUT2D eigenvalue weighted by Crippen LogP contribution is 2.28. The third kappa shape index (κ3) is 5.65. The van der Waals surface area contributed by atoms with Crippen molar-refractivity contribution in [1.82, 2.24) is 14.8 Å². The van der Waals surface area contributed by atoms with Crippen molar-refractivity contribution >= 4 is 26.6 Å². The second kappa shape index (κ2) is 10.7. The van der Waals surface area contributed by atoms with Crippen LogP contribution in [-0.2, 0) is 16.6 Å². The minimum absolute atomic E-state index is 0.0713. The van der Waals surface area contributed by atoms with E-state index in [4.69, 9.17) is 0 Å². The number of benzene rings is 3. The number of pyridine rings is 1. The number of nitrogens with one attached hydrogen (secondary N) is 1. The highest BCUT2D eigenvalue weighted by molar-refractivity contribution is 7.93. The lowest BCUT2D eigenvalue weighted by Crippen LogP contribution is -2.47. The van der Waals surface area contributed by atoms with Crippen LogP contribution < -0.4 is 4.72 Å². The predicted molar refractivity (Wildman–Crippen MR) is 137 cm³/mol. The van der Waals surface area contributed by atoms with Crippen LogP contribution in [-0.4, -0.2) is 54.5 Å². The molecule has 1 aromatic heterocycles. The number of halogens is 3. The first-order valence-corrected chi connectivity index (χ1v) is 13.4. The highest BCUT2D eigenvalue weighted by atomic mass is 32.2. The van der Waals surface area contributed by atoms with Crippen LogP contribution in [0.15, 0.2) is 77.8 Å². The van der Waals surface area contributed by atoms with E-state index in [-0.39, 0.29) is 21.7 Å². The van der Waals surface area contributed by atoms with E-state index in [9.17, 15) is 26.7 Å². The molecule has 0 saturated carbocycles. The average molecular weight is 543 g/mol. The zero-order valence-electron chi connectivity index (χ0n) is 20.2. The number of aliphatic hydroxyl groups is 1. The number of anilines is 1. The molecule has 1 aliphatic rings. The maximum atomic E-state index is 15.0. The molecule has 1 saturated heterocycles. The molecule has 5 rings (SSSR count). The van der Waals surface area contributed by atoms with Gasteiger partial charge in [-0.15, -0.1) is 0 Å². The van der Waals surface area contributed by atoms with E-state index in [0.29, 0.717) is 43.7 Å². The number of fused-ring (bicyclic) bond motifs is 1. The maximum absolute atomic E-state index is 15.0. The molecule has 1 unspecified atom stereocenters. The van der Waals surface area contributed by atoms with Crippen LogP contribution in [0, 0.1) is 17.5 Å². The first-order valence-electron chi connectivity index (χ1n) is 11.9. The van der Waals surface area contributed by atoms with Crippen molar-refractivity contribution < 1.29 is 26.7 Å². The predicted octanol–water partition coefficient (Wildman–Crippen LogP) is 4.26. The lowest BCUT2D eigenvalue weighted by atomic mass is 10.1. The van der Waals surface area contributed by atoms with E-state index in [1.54, 1.807) is 29.2 Å². The lowest BCUT2D eigenvalue weighted by molar-refractivity contribution is -0.0287. The number of aliphatic hydroxyl groups excluding tert-OH is 1. The Hall–Kier alpha value is -3.51. The van der Waals surface area contributed by atoms with Crippen LogP contribution in [0.5, 0.6) is 0 Å². The second-order valence-corrected chi connectivity index (χ2v) is 10.8. The molecule has 1 atom stereocenters. The van der Waals surface area contributed by atoms with Gasteiger partial charge in [0.1, 0.15) is 28.6 Å². The molecule has 7 nitrogen and oxygen atoms in total. The van der Waals surface area contributed by atoms with Crippen molar-refractivity contribution in [3.8, 4) is 0 Å². The first-order chi connectivity index (χ1) is 18.2. The van der Waals surface area contributed by atoms with Crippen molar-refractivity contribution in [1.29, 1.82) is 0 Å². The number of piperazine rings is 1. The van der Waals surface area contributed by atoms with Gasteiger partial charge in [-0.05, 0) is 47.5 Å².